The summed E-state index contributed by atoms with van der Waals surface area (Å²) in [7, 11) is 5.19. The first-order valence-electron chi connectivity index (χ1n) is 4.89. The number of hydrogen-bond donors (Lipinski definition) is 0. The summed E-state index contributed by atoms with van der Waals surface area (Å²) in [5.74, 6) is 4.06. The third-order valence-electron chi connectivity index (χ3n) is 2.65. The quantitative estimate of drug-likeness (QED) is 0.717. The van der Waals surface area contributed by atoms with E-state index in [4.69, 9.17) is 15.9 Å². The molecule has 16 heavy (non-hydrogen) atoms. The van der Waals surface area contributed by atoms with Crippen LogP contribution in [-0.2, 0) is 7.05 Å². The summed E-state index contributed by atoms with van der Waals surface area (Å²) >= 11 is 0. The molecule has 0 bridgehead atoms. The molecule has 0 aliphatic rings. The van der Waals surface area contributed by atoms with E-state index < -0.39 is 0 Å². The standard InChI is InChI=1S/C13H13NO2/c1-5-9-8-14(2)11-7-13(16-4)12(15-3)6-10(9)11/h1,6-8H,2-4H3. The largest absolute Gasteiger partial charge is 0.493 e. The summed E-state index contributed by atoms with van der Waals surface area (Å²) in [6, 6.07) is 3.83. The van der Waals surface area contributed by atoms with E-state index in [0.29, 0.717) is 11.5 Å². The minimum atomic E-state index is 0.692. The lowest BCUT2D eigenvalue weighted by Gasteiger charge is -2.08. The zero-order valence-electron chi connectivity index (χ0n) is 9.57. The van der Waals surface area contributed by atoms with E-state index in [0.717, 1.165) is 16.5 Å². The molecule has 0 aliphatic carbocycles. The summed E-state index contributed by atoms with van der Waals surface area (Å²) in [4.78, 5) is 0. The van der Waals surface area contributed by atoms with Gasteiger partial charge in [0, 0.05) is 30.3 Å². The Balaban J connectivity index is 2.81. The first-order valence-corrected chi connectivity index (χ1v) is 4.89. The number of nitrogens with zero attached hydrogens (tertiary/aromatic N) is 1. The van der Waals surface area contributed by atoms with Crippen molar-refractivity contribution in [3.05, 3.63) is 23.9 Å². The van der Waals surface area contributed by atoms with Crippen LogP contribution in [-0.4, -0.2) is 18.8 Å². The van der Waals surface area contributed by atoms with Crippen LogP contribution < -0.4 is 9.47 Å². The molecule has 1 aromatic heterocycles. The van der Waals surface area contributed by atoms with E-state index >= 15 is 0 Å². The molecular weight excluding hydrogens is 202 g/mol. The van der Waals surface area contributed by atoms with Gasteiger partial charge in [-0.25, -0.2) is 0 Å². The van der Waals surface area contributed by atoms with Gasteiger partial charge in [-0.3, -0.25) is 0 Å². The van der Waals surface area contributed by atoms with Crippen LogP contribution in [0.2, 0.25) is 0 Å². The van der Waals surface area contributed by atoms with Crippen molar-refractivity contribution in [2.24, 2.45) is 7.05 Å². The van der Waals surface area contributed by atoms with Crippen molar-refractivity contribution in [3.63, 3.8) is 0 Å². The molecule has 0 unspecified atom stereocenters. The highest BCUT2D eigenvalue weighted by Gasteiger charge is 2.11. The molecule has 0 atom stereocenters. The van der Waals surface area contributed by atoms with Gasteiger partial charge < -0.3 is 14.0 Å². The van der Waals surface area contributed by atoms with E-state index in [1.807, 2.05) is 29.9 Å². The molecule has 3 heteroatoms. The number of rotatable bonds is 2. The number of benzene rings is 1. The molecule has 1 aromatic carbocycles. The Kier molecular flexibility index (Phi) is 2.49. The molecule has 0 aliphatic heterocycles. The smallest absolute Gasteiger partial charge is 0.162 e. The second-order valence-electron chi connectivity index (χ2n) is 3.52. The third kappa shape index (κ3) is 1.40. The van der Waals surface area contributed by atoms with Crippen LogP contribution in [0.1, 0.15) is 5.56 Å². The van der Waals surface area contributed by atoms with Crippen molar-refractivity contribution in [3.8, 4) is 23.8 Å². The molecule has 0 fully saturated rings. The maximum Gasteiger partial charge on any atom is 0.162 e. The number of methoxy groups -OCH3 is 2. The van der Waals surface area contributed by atoms with Crippen LogP contribution in [0.3, 0.4) is 0 Å². The van der Waals surface area contributed by atoms with Gasteiger partial charge in [-0.1, -0.05) is 5.92 Å². The summed E-state index contributed by atoms with van der Waals surface area (Å²) < 4.78 is 12.5. The topological polar surface area (TPSA) is 23.4 Å². The fourth-order valence-corrected chi connectivity index (χ4v) is 1.82. The van der Waals surface area contributed by atoms with Crippen molar-refractivity contribution in [2.75, 3.05) is 14.2 Å². The number of hydrogen-bond acceptors (Lipinski definition) is 2. The molecule has 3 nitrogen and oxygen atoms in total. The minimum absolute atomic E-state index is 0.692. The van der Waals surface area contributed by atoms with Gasteiger partial charge in [-0.05, 0) is 6.07 Å². The molecule has 0 amide bonds. The van der Waals surface area contributed by atoms with E-state index in [2.05, 4.69) is 5.92 Å². The van der Waals surface area contributed by atoms with Gasteiger partial charge in [0.1, 0.15) is 0 Å². The lowest BCUT2D eigenvalue weighted by atomic mass is 10.1. The number of fused-ring (bicyclic) bond motifs is 1. The van der Waals surface area contributed by atoms with Gasteiger partial charge in [0.25, 0.3) is 0 Å². The first-order chi connectivity index (χ1) is 7.71. The van der Waals surface area contributed by atoms with Crippen molar-refractivity contribution in [1.82, 2.24) is 4.57 Å². The van der Waals surface area contributed by atoms with Gasteiger partial charge in [0.2, 0.25) is 0 Å². The number of terminal acetylenes is 1. The first kappa shape index (κ1) is 10.4. The van der Waals surface area contributed by atoms with E-state index in [1.165, 1.54) is 0 Å². The maximum absolute atomic E-state index is 5.46. The van der Waals surface area contributed by atoms with Crippen molar-refractivity contribution in [2.45, 2.75) is 0 Å². The molecule has 82 valence electrons. The van der Waals surface area contributed by atoms with Gasteiger partial charge in [0.15, 0.2) is 11.5 Å². The minimum Gasteiger partial charge on any atom is -0.493 e. The highest BCUT2D eigenvalue weighted by Crippen LogP contribution is 2.33. The van der Waals surface area contributed by atoms with Gasteiger partial charge in [0.05, 0.1) is 19.7 Å². The predicted molar refractivity (Wildman–Crippen MR) is 64.0 cm³/mol. The van der Waals surface area contributed by atoms with E-state index in [-0.39, 0.29) is 0 Å². The van der Waals surface area contributed by atoms with Gasteiger partial charge >= 0.3 is 0 Å². The monoisotopic (exact) mass is 215 g/mol. The Hall–Kier alpha value is -2.08. The average Bonchev–Trinajstić information content (AvgIpc) is 2.63. The fraction of sp³-hybridized carbons (Fsp3) is 0.231. The normalized spacial score (nSPS) is 10.1. The van der Waals surface area contributed by atoms with Crippen molar-refractivity contribution in [1.29, 1.82) is 0 Å². The summed E-state index contributed by atoms with van der Waals surface area (Å²) in [6.45, 7) is 0. The molecule has 0 saturated carbocycles. The Morgan fingerprint density at radius 2 is 1.81 bits per heavy atom. The highest BCUT2D eigenvalue weighted by atomic mass is 16.5. The average molecular weight is 215 g/mol. The van der Waals surface area contributed by atoms with E-state index in [9.17, 15) is 0 Å². The molecule has 2 rings (SSSR count). The Morgan fingerprint density at radius 3 is 2.38 bits per heavy atom. The number of ether oxygens (including phenoxy) is 2. The number of aromatic nitrogens is 1. The highest BCUT2D eigenvalue weighted by molar-refractivity contribution is 5.89. The Morgan fingerprint density at radius 1 is 1.19 bits per heavy atom. The van der Waals surface area contributed by atoms with Crippen LogP contribution in [0.15, 0.2) is 18.3 Å². The zero-order valence-corrected chi connectivity index (χ0v) is 9.57. The summed E-state index contributed by atoms with van der Waals surface area (Å²) in [5.41, 5.74) is 1.89. The fourth-order valence-electron chi connectivity index (χ4n) is 1.82. The third-order valence-corrected chi connectivity index (χ3v) is 2.65. The lowest BCUT2D eigenvalue weighted by molar-refractivity contribution is 0.355. The Labute approximate surface area is 94.6 Å². The molecule has 0 radical (unpaired) electrons. The molecule has 0 saturated heterocycles. The molecular formula is C13H13NO2. The molecule has 2 aromatic rings. The van der Waals surface area contributed by atoms with Crippen LogP contribution in [0.25, 0.3) is 10.9 Å². The van der Waals surface area contributed by atoms with Crippen molar-refractivity contribution >= 4 is 10.9 Å². The van der Waals surface area contributed by atoms with Crippen LogP contribution in [0.4, 0.5) is 0 Å². The maximum atomic E-state index is 5.46. The molecule has 1 heterocycles. The second kappa shape index (κ2) is 3.82. The SMILES string of the molecule is C#Cc1cn(C)c2cc(OC)c(OC)cc12. The lowest BCUT2D eigenvalue weighted by Crippen LogP contribution is -1.91. The van der Waals surface area contributed by atoms with Crippen LogP contribution in [0, 0.1) is 12.3 Å². The van der Waals surface area contributed by atoms with Crippen molar-refractivity contribution < 1.29 is 9.47 Å². The second-order valence-corrected chi connectivity index (χ2v) is 3.52. The predicted octanol–water partition coefficient (Wildman–Crippen LogP) is 2.18. The van der Waals surface area contributed by atoms with Crippen LogP contribution in [0.5, 0.6) is 11.5 Å². The summed E-state index contributed by atoms with van der Waals surface area (Å²) in [6.07, 6.45) is 7.38. The molecule has 0 spiro atoms. The van der Waals surface area contributed by atoms with E-state index in [1.54, 1.807) is 14.2 Å². The van der Waals surface area contributed by atoms with Crippen LogP contribution >= 0.6 is 0 Å². The van der Waals surface area contributed by atoms with Gasteiger partial charge in [-0.15, -0.1) is 6.42 Å². The summed E-state index contributed by atoms with van der Waals surface area (Å²) in [5, 5.41) is 1.00. The molecule has 0 N–H and O–H groups in total. The van der Waals surface area contributed by atoms with Gasteiger partial charge in [-0.2, -0.15) is 0 Å². The zero-order chi connectivity index (χ0) is 11.7. The Bertz CT molecular complexity index is 576. The number of aryl methyl sites for hydroxylation is 1.